The van der Waals surface area contributed by atoms with Crippen LogP contribution in [-0.4, -0.2) is 32.7 Å². The van der Waals surface area contributed by atoms with Gasteiger partial charge < -0.3 is 20.2 Å². The van der Waals surface area contributed by atoms with E-state index in [9.17, 15) is 14.9 Å². The molecule has 0 atom stereocenters. The molecule has 1 amide bonds. The topological polar surface area (TPSA) is 112 Å². The van der Waals surface area contributed by atoms with Gasteiger partial charge in [0.2, 0.25) is 12.2 Å². The Bertz CT molecular complexity index is 637. The van der Waals surface area contributed by atoms with Crippen molar-refractivity contribution in [2.45, 2.75) is 13.1 Å². The first-order valence-electron chi connectivity index (χ1n) is 6.02. The first-order valence-corrected chi connectivity index (χ1v) is 6.02. The zero-order valence-electron chi connectivity index (χ0n) is 11.2. The maximum absolute atomic E-state index is 11.7. The Morgan fingerprint density at radius 3 is 2.71 bits per heavy atom. The molecule has 1 aromatic heterocycles. The van der Waals surface area contributed by atoms with Crippen molar-refractivity contribution in [2.75, 3.05) is 7.11 Å². The maximum atomic E-state index is 11.7. The molecule has 0 aliphatic heterocycles. The number of ether oxygens (including phenoxy) is 1. The molecule has 0 radical (unpaired) electrons. The fraction of sp³-hybridized carbons (Fsp3) is 0.250. The van der Waals surface area contributed by atoms with Crippen molar-refractivity contribution in [3.63, 3.8) is 0 Å². The SMILES string of the molecule is COc1ccc(CNC(=O)Cn2cnc([N+](=O)[O-])n2)cc1. The summed E-state index contributed by atoms with van der Waals surface area (Å²) in [6, 6.07) is 7.25. The number of nitro groups is 1. The summed E-state index contributed by atoms with van der Waals surface area (Å²) < 4.78 is 6.15. The molecule has 21 heavy (non-hydrogen) atoms. The number of benzene rings is 1. The fourth-order valence-corrected chi connectivity index (χ4v) is 1.59. The van der Waals surface area contributed by atoms with Gasteiger partial charge in [-0.3, -0.25) is 4.79 Å². The van der Waals surface area contributed by atoms with Gasteiger partial charge in [-0.25, -0.2) is 0 Å². The standard InChI is InChI=1S/C12H13N5O4/c1-21-10-4-2-9(3-5-10)6-13-11(18)7-16-8-14-12(15-16)17(19)20/h2-5,8H,6-7H2,1H3,(H,13,18). The number of methoxy groups -OCH3 is 1. The molecule has 0 aliphatic rings. The molecule has 9 nitrogen and oxygen atoms in total. The van der Waals surface area contributed by atoms with Crippen molar-refractivity contribution in [3.05, 3.63) is 46.3 Å². The summed E-state index contributed by atoms with van der Waals surface area (Å²) in [5, 5.41) is 16.7. The molecule has 110 valence electrons. The first-order chi connectivity index (χ1) is 10.1. The van der Waals surface area contributed by atoms with Crippen molar-refractivity contribution in [3.8, 4) is 5.75 Å². The lowest BCUT2D eigenvalue weighted by Gasteiger charge is -2.05. The highest BCUT2D eigenvalue weighted by Crippen LogP contribution is 2.10. The van der Waals surface area contributed by atoms with E-state index in [1.54, 1.807) is 19.2 Å². The average Bonchev–Trinajstić information content (AvgIpc) is 2.94. The largest absolute Gasteiger partial charge is 0.497 e. The number of aromatic nitrogens is 3. The lowest BCUT2D eigenvalue weighted by Crippen LogP contribution is -2.27. The minimum absolute atomic E-state index is 0.128. The Labute approximate surface area is 119 Å². The number of nitrogens with zero attached hydrogens (tertiary/aromatic N) is 4. The second-order valence-corrected chi connectivity index (χ2v) is 4.12. The van der Waals surface area contributed by atoms with Crippen molar-refractivity contribution in [2.24, 2.45) is 0 Å². The molecule has 0 bridgehead atoms. The zero-order chi connectivity index (χ0) is 15.2. The quantitative estimate of drug-likeness (QED) is 0.613. The van der Waals surface area contributed by atoms with Gasteiger partial charge in [-0.1, -0.05) is 17.1 Å². The van der Waals surface area contributed by atoms with Crippen LogP contribution in [0, 0.1) is 10.1 Å². The molecule has 0 fully saturated rings. The van der Waals surface area contributed by atoms with E-state index in [-0.39, 0.29) is 12.5 Å². The van der Waals surface area contributed by atoms with Gasteiger partial charge >= 0.3 is 5.95 Å². The third-order valence-electron chi connectivity index (χ3n) is 2.64. The van der Waals surface area contributed by atoms with Crippen LogP contribution < -0.4 is 10.1 Å². The van der Waals surface area contributed by atoms with Crippen LogP contribution in [0.5, 0.6) is 5.75 Å². The van der Waals surface area contributed by atoms with Gasteiger partial charge in [0, 0.05) is 11.6 Å². The van der Waals surface area contributed by atoms with E-state index in [0.29, 0.717) is 6.54 Å². The smallest absolute Gasteiger partial charge is 0.490 e. The lowest BCUT2D eigenvalue weighted by atomic mass is 10.2. The van der Waals surface area contributed by atoms with Crippen molar-refractivity contribution in [1.29, 1.82) is 0 Å². The van der Waals surface area contributed by atoms with Crippen LogP contribution in [0.2, 0.25) is 0 Å². The molecule has 0 unspecified atom stereocenters. The minimum Gasteiger partial charge on any atom is -0.497 e. The maximum Gasteiger partial charge on any atom is 0.490 e. The van der Waals surface area contributed by atoms with Crippen LogP contribution in [0.1, 0.15) is 5.56 Å². The van der Waals surface area contributed by atoms with Crippen LogP contribution in [0.15, 0.2) is 30.6 Å². The van der Waals surface area contributed by atoms with Gasteiger partial charge in [-0.2, -0.15) is 4.68 Å². The number of carbonyl (C=O) groups is 1. The van der Waals surface area contributed by atoms with E-state index >= 15 is 0 Å². The zero-order valence-corrected chi connectivity index (χ0v) is 11.2. The number of rotatable bonds is 6. The molecular weight excluding hydrogens is 278 g/mol. The third-order valence-corrected chi connectivity index (χ3v) is 2.64. The van der Waals surface area contributed by atoms with Gasteiger partial charge in [0.25, 0.3) is 0 Å². The van der Waals surface area contributed by atoms with Gasteiger partial charge in [-0.15, -0.1) is 0 Å². The van der Waals surface area contributed by atoms with Gasteiger partial charge in [0.15, 0.2) is 0 Å². The van der Waals surface area contributed by atoms with Crippen molar-refractivity contribution >= 4 is 11.9 Å². The monoisotopic (exact) mass is 291 g/mol. The average molecular weight is 291 g/mol. The summed E-state index contributed by atoms with van der Waals surface area (Å²) >= 11 is 0. The van der Waals surface area contributed by atoms with Gasteiger partial charge in [0.1, 0.15) is 12.3 Å². The molecule has 0 spiro atoms. The molecule has 9 heteroatoms. The Balaban J connectivity index is 1.84. The predicted octanol–water partition coefficient (Wildman–Crippen LogP) is 0.511. The Hall–Kier alpha value is -2.97. The molecular formula is C12H13N5O4. The molecule has 2 rings (SSSR count). The molecule has 1 heterocycles. The number of hydrogen-bond donors (Lipinski definition) is 1. The molecule has 1 N–H and O–H groups in total. The lowest BCUT2D eigenvalue weighted by molar-refractivity contribution is -0.394. The number of amides is 1. The second-order valence-electron chi connectivity index (χ2n) is 4.12. The van der Waals surface area contributed by atoms with E-state index in [1.807, 2.05) is 12.1 Å². The molecule has 0 aliphatic carbocycles. The molecule has 1 aromatic carbocycles. The van der Waals surface area contributed by atoms with Gasteiger partial charge in [-0.05, 0) is 22.6 Å². The summed E-state index contributed by atoms with van der Waals surface area (Å²) in [5.41, 5.74) is 0.911. The summed E-state index contributed by atoms with van der Waals surface area (Å²) in [4.78, 5) is 24.9. The van der Waals surface area contributed by atoms with Crippen LogP contribution >= 0.6 is 0 Å². The fourth-order valence-electron chi connectivity index (χ4n) is 1.59. The number of hydrogen-bond acceptors (Lipinski definition) is 6. The highest BCUT2D eigenvalue weighted by molar-refractivity contribution is 5.75. The van der Waals surface area contributed by atoms with E-state index < -0.39 is 10.9 Å². The normalized spacial score (nSPS) is 10.1. The molecule has 2 aromatic rings. The van der Waals surface area contributed by atoms with Crippen LogP contribution in [0.3, 0.4) is 0 Å². The summed E-state index contributed by atoms with van der Waals surface area (Å²) in [6.07, 6.45) is 1.14. The summed E-state index contributed by atoms with van der Waals surface area (Å²) in [7, 11) is 1.58. The van der Waals surface area contributed by atoms with Crippen molar-refractivity contribution < 1.29 is 14.5 Å². The van der Waals surface area contributed by atoms with Crippen LogP contribution in [0.25, 0.3) is 0 Å². The first kappa shape index (κ1) is 14.4. The van der Waals surface area contributed by atoms with E-state index in [2.05, 4.69) is 15.4 Å². The predicted molar refractivity (Wildman–Crippen MR) is 71.5 cm³/mol. The number of carbonyl (C=O) groups excluding carboxylic acids is 1. The van der Waals surface area contributed by atoms with Gasteiger partial charge in [0.05, 0.1) is 7.11 Å². The van der Waals surface area contributed by atoms with E-state index in [0.717, 1.165) is 22.3 Å². The highest BCUT2D eigenvalue weighted by atomic mass is 16.6. The minimum atomic E-state index is -0.717. The second kappa shape index (κ2) is 6.46. The Morgan fingerprint density at radius 2 is 2.14 bits per heavy atom. The van der Waals surface area contributed by atoms with Crippen LogP contribution in [0.4, 0.5) is 5.95 Å². The van der Waals surface area contributed by atoms with E-state index in [4.69, 9.17) is 4.74 Å². The number of nitrogens with one attached hydrogen (secondary N) is 1. The summed E-state index contributed by atoms with van der Waals surface area (Å²) in [5.74, 6) is -0.108. The van der Waals surface area contributed by atoms with E-state index in [1.165, 1.54) is 0 Å². The summed E-state index contributed by atoms with van der Waals surface area (Å²) in [6.45, 7) is 0.219. The highest BCUT2D eigenvalue weighted by Gasteiger charge is 2.14. The Kier molecular flexibility index (Phi) is 4.44. The third kappa shape index (κ3) is 4.00. The van der Waals surface area contributed by atoms with Crippen molar-refractivity contribution in [1.82, 2.24) is 20.1 Å². The molecule has 0 saturated heterocycles. The molecule has 0 saturated carbocycles. The Morgan fingerprint density at radius 1 is 1.43 bits per heavy atom. The van der Waals surface area contributed by atoms with Crippen LogP contribution in [-0.2, 0) is 17.9 Å².